The summed E-state index contributed by atoms with van der Waals surface area (Å²) in [6.07, 6.45) is 3.48. The summed E-state index contributed by atoms with van der Waals surface area (Å²) in [7, 11) is 0. The van der Waals surface area contributed by atoms with Crippen molar-refractivity contribution in [1.82, 2.24) is 0 Å². The Labute approximate surface area is 190 Å². The van der Waals surface area contributed by atoms with Crippen molar-refractivity contribution in [2.24, 2.45) is 5.41 Å². The Morgan fingerprint density at radius 2 is 1.88 bits per heavy atom. The van der Waals surface area contributed by atoms with Crippen LogP contribution in [0.15, 0.2) is 53.3 Å². The first-order valence-electron chi connectivity index (χ1n) is 11.3. The van der Waals surface area contributed by atoms with Gasteiger partial charge < -0.3 is 23.7 Å². The summed E-state index contributed by atoms with van der Waals surface area (Å²) < 4.78 is 30.0. The van der Waals surface area contributed by atoms with E-state index >= 15 is 0 Å². The highest BCUT2D eigenvalue weighted by atomic mass is 16.7. The second-order valence-corrected chi connectivity index (χ2v) is 9.70. The van der Waals surface area contributed by atoms with Crippen LogP contribution in [0.4, 0.5) is 0 Å². The summed E-state index contributed by atoms with van der Waals surface area (Å²) in [6, 6.07) is 10.0. The van der Waals surface area contributed by atoms with Crippen LogP contribution in [-0.2, 0) is 35.1 Å². The number of carbonyl (C=O) groups excluding carboxylic acids is 1. The van der Waals surface area contributed by atoms with Gasteiger partial charge in [-0.15, -0.1) is 0 Å². The molecule has 0 aromatic heterocycles. The molecule has 0 saturated carbocycles. The molecular formula is C26H34O6. The highest BCUT2D eigenvalue weighted by molar-refractivity contribution is 5.82. The molecule has 3 aliphatic rings. The highest BCUT2D eigenvalue weighted by Gasteiger charge is 2.63. The van der Waals surface area contributed by atoms with Crippen LogP contribution >= 0.6 is 0 Å². The molecule has 0 radical (unpaired) electrons. The summed E-state index contributed by atoms with van der Waals surface area (Å²) in [5.74, 6) is -0.0258. The van der Waals surface area contributed by atoms with Crippen LogP contribution in [0.5, 0.6) is 0 Å². The Bertz CT molecular complexity index is 918. The monoisotopic (exact) mass is 442 g/mol. The number of hydrogen-bond acceptors (Lipinski definition) is 6. The molecule has 3 atom stereocenters. The molecule has 1 aromatic carbocycles. The summed E-state index contributed by atoms with van der Waals surface area (Å²) in [5, 5.41) is 0. The summed E-state index contributed by atoms with van der Waals surface area (Å²) >= 11 is 0. The third kappa shape index (κ3) is 4.24. The summed E-state index contributed by atoms with van der Waals surface area (Å²) in [6.45, 7) is 10.9. The van der Waals surface area contributed by atoms with Gasteiger partial charge in [-0.1, -0.05) is 36.4 Å². The van der Waals surface area contributed by atoms with Crippen molar-refractivity contribution in [1.29, 1.82) is 0 Å². The zero-order chi connectivity index (χ0) is 23.0. The lowest BCUT2D eigenvalue weighted by molar-refractivity contribution is -0.232. The number of hydrogen-bond donors (Lipinski definition) is 0. The molecule has 6 heteroatoms. The maximum absolute atomic E-state index is 13.0. The summed E-state index contributed by atoms with van der Waals surface area (Å²) in [4.78, 5) is 13.0. The van der Waals surface area contributed by atoms with Crippen molar-refractivity contribution >= 4 is 5.97 Å². The number of benzene rings is 1. The number of allylic oxidation sites excluding steroid dienone is 1. The van der Waals surface area contributed by atoms with Crippen molar-refractivity contribution in [3.8, 4) is 0 Å². The fourth-order valence-electron chi connectivity index (χ4n) is 4.74. The number of carbonyl (C=O) groups is 1. The van der Waals surface area contributed by atoms with Crippen LogP contribution in [0.2, 0.25) is 0 Å². The summed E-state index contributed by atoms with van der Waals surface area (Å²) in [5.41, 5.74) is 1.46. The molecule has 6 nitrogen and oxygen atoms in total. The zero-order valence-electron chi connectivity index (χ0n) is 19.7. The van der Waals surface area contributed by atoms with Crippen molar-refractivity contribution in [2.45, 2.75) is 78.2 Å². The molecule has 1 aromatic rings. The number of esters is 1. The van der Waals surface area contributed by atoms with Gasteiger partial charge in [0.2, 0.25) is 5.79 Å². The van der Waals surface area contributed by atoms with Crippen LogP contribution in [0.1, 0.15) is 59.4 Å². The Balaban J connectivity index is 1.51. The topological polar surface area (TPSA) is 63.2 Å². The lowest BCUT2D eigenvalue weighted by Gasteiger charge is -2.45. The van der Waals surface area contributed by atoms with Crippen LogP contribution < -0.4 is 0 Å². The van der Waals surface area contributed by atoms with Gasteiger partial charge in [-0.3, -0.25) is 4.79 Å². The second-order valence-electron chi connectivity index (χ2n) is 9.70. The zero-order valence-corrected chi connectivity index (χ0v) is 19.7. The maximum Gasteiger partial charge on any atom is 0.315 e. The minimum absolute atomic E-state index is 0.198. The molecule has 4 rings (SSSR count). The highest BCUT2D eigenvalue weighted by Crippen LogP contribution is 2.52. The SMILES string of the molecule is CC1=CC[C@@H](OCc2ccccc2)O[C@@]12COC(=O)[C@@]2(C)CCC1=C(C)COC(C)(C)O1. The molecule has 1 fully saturated rings. The largest absolute Gasteiger partial charge is 0.467 e. The van der Waals surface area contributed by atoms with Gasteiger partial charge in [-0.05, 0) is 43.9 Å². The molecule has 0 N–H and O–H groups in total. The van der Waals surface area contributed by atoms with E-state index in [9.17, 15) is 4.79 Å². The molecule has 0 aliphatic carbocycles. The Kier molecular flexibility index (Phi) is 6.23. The van der Waals surface area contributed by atoms with E-state index in [4.69, 9.17) is 23.7 Å². The minimum Gasteiger partial charge on any atom is -0.467 e. The third-order valence-corrected chi connectivity index (χ3v) is 6.95. The van der Waals surface area contributed by atoms with Crippen molar-refractivity contribution in [3.63, 3.8) is 0 Å². The first-order valence-corrected chi connectivity index (χ1v) is 11.3. The molecule has 0 unspecified atom stereocenters. The Morgan fingerprint density at radius 3 is 2.62 bits per heavy atom. The normalized spacial score (nSPS) is 32.0. The van der Waals surface area contributed by atoms with E-state index in [1.807, 2.05) is 65.0 Å². The predicted molar refractivity (Wildman–Crippen MR) is 119 cm³/mol. The van der Waals surface area contributed by atoms with Gasteiger partial charge >= 0.3 is 5.97 Å². The van der Waals surface area contributed by atoms with Gasteiger partial charge in [0, 0.05) is 26.7 Å². The van der Waals surface area contributed by atoms with Gasteiger partial charge in [0.15, 0.2) is 6.29 Å². The number of rotatable bonds is 6. The van der Waals surface area contributed by atoms with Crippen molar-refractivity contribution in [2.75, 3.05) is 13.2 Å². The quantitative estimate of drug-likeness (QED) is 0.455. The smallest absolute Gasteiger partial charge is 0.315 e. The fourth-order valence-corrected chi connectivity index (χ4v) is 4.74. The molecule has 1 spiro atoms. The standard InChI is InChI=1S/C26H34O6/c1-18-15-30-24(3,4)31-21(18)13-14-25(5)23(27)29-17-26(25)19(2)11-12-22(32-26)28-16-20-9-7-6-8-10-20/h6-11,22H,12-17H2,1-5H3/t22-,25+,26-/m0/s1. The van der Waals surface area contributed by atoms with Gasteiger partial charge in [0.25, 0.3) is 0 Å². The van der Waals surface area contributed by atoms with E-state index < -0.39 is 23.1 Å². The maximum atomic E-state index is 13.0. The lowest BCUT2D eigenvalue weighted by Crippen LogP contribution is -2.54. The Morgan fingerprint density at radius 1 is 1.12 bits per heavy atom. The minimum atomic E-state index is -0.848. The fraction of sp³-hybridized carbons (Fsp3) is 0.577. The van der Waals surface area contributed by atoms with Crippen molar-refractivity contribution < 1.29 is 28.5 Å². The average molecular weight is 443 g/mol. The van der Waals surface area contributed by atoms with E-state index in [-0.39, 0.29) is 12.6 Å². The molecule has 0 bridgehead atoms. The van der Waals surface area contributed by atoms with Crippen LogP contribution in [0, 0.1) is 5.41 Å². The van der Waals surface area contributed by atoms with E-state index in [2.05, 4.69) is 6.08 Å². The molecular weight excluding hydrogens is 408 g/mol. The van der Waals surface area contributed by atoms with Crippen LogP contribution in [0.3, 0.4) is 0 Å². The first kappa shape index (κ1) is 23.0. The molecule has 1 saturated heterocycles. The molecule has 32 heavy (non-hydrogen) atoms. The van der Waals surface area contributed by atoms with Crippen LogP contribution in [-0.4, -0.2) is 36.9 Å². The van der Waals surface area contributed by atoms with Gasteiger partial charge in [-0.2, -0.15) is 0 Å². The number of cyclic esters (lactones) is 1. The van der Waals surface area contributed by atoms with E-state index in [1.165, 1.54) is 0 Å². The molecule has 0 amide bonds. The van der Waals surface area contributed by atoms with E-state index in [0.717, 1.165) is 22.5 Å². The molecule has 3 aliphatic heterocycles. The van der Waals surface area contributed by atoms with Gasteiger partial charge in [0.05, 0.1) is 13.2 Å². The van der Waals surface area contributed by atoms with E-state index in [1.54, 1.807) is 0 Å². The average Bonchev–Trinajstić information content (AvgIpc) is 3.02. The lowest BCUT2D eigenvalue weighted by atomic mass is 9.67. The van der Waals surface area contributed by atoms with E-state index in [0.29, 0.717) is 32.5 Å². The van der Waals surface area contributed by atoms with Gasteiger partial charge in [0.1, 0.15) is 23.4 Å². The van der Waals surface area contributed by atoms with Gasteiger partial charge in [-0.25, -0.2) is 0 Å². The predicted octanol–water partition coefficient (Wildman–Crippen LogP) is 5.03. The van der Waals surface area contributed by atoms with Crippen LogP contribution in [0.25, 0.3) is 0 Å². The molecule has 174 valence electrons. The molecule has 3 heterocycles. The van der Waals surface area contributed by atoms with Crippen molar-refractivity contribution in [3.05, 3.63) is 58.9 Å². The second kappa shape index (κ2) is 8.65. The Hall–Kier alpha value is -2.15. The number of ether oxygens (including phenoxy) is 5. The first-order chi connectivity index (χ1) is 15.2. The third-order valence-electron chi connectivity index (χ3n) is 6.95.